The number of unbranched alkanes of at least 4 members (excludes halogenated alkanes) is 1. The summed E-state index contributed by atoms with van der Waals surface area (Å²) in [6, 6.07) is 20.9. The quantitative estimate of drug-likeness (QED) is 0.635. The van der Waals surface area contributed by atoms with Crippen molar-refractivity contribution in [3.8, 4) is 0 Å². The minimum Gasteiger partial charge on any atom is -0.280 e. The standard InChI is InChI=1S/C19H21N/c1-2-3-4-11-16-20-19(17-12-7-5-8-13-17)18-14-9-6-10-15-18/h4-16,19H,2-3H2,1H3. The summed E-state index contributed by atoms with van der Waals surface area (Å²) in [4.78, 5) is 4.72. The third-order valence-corrected chi connectivity index (χ3v) is 3.14. The molecule has 0 spiro atoms. The molecular weight excluding hydrogens is 242 g/mol. The van der Waals surface area contributed by atoms with Crippen molar-refractivity contribution in [2.45, 2.75) is 25.8 Å². The summed E-state index contributed by atoms with van der Waals surface area (Å²) in [6.45, 7) is 2.18. The number of aliphatic imine (C=N–C) groups is 1. The van der Waals surface area contributed by atoms with Crippen LogP contribution in [-0.4, -0.2) is 6.21 Å². The lowest BCUT2D eigenvalue weighted by Crippen LogP contribution is -1.97. The van der Waals surface area contributed by atoms with E-state index in [1.165, 1.54) is 17.5 Å². The molecule has 0 unspecified atom stereocenters. The Hall–Kier alpha value is -2.15. The van der Waals surface area contributed by atoms with Gasteiger partial charge in [0, 0.05) is 6.21 Å². The van der Waals surface area contributed by atoms with Crippen LogP contribution in [0.5, 0.6) is 0 Å². The van der Waals surface area contributed by atoms with Gasteiger partial charge in [0.05, 0.1) is 6.04 Å². The lowest BCUT2D eigenvalue weighted by Gasteiger charge is -2.12. The van der Waals surface area contributed by atoms with Crippen LogP contribution >= 0.6 is 0 Å². The van der Waals surface area contributed by atoms with E-state index >= 15 is 0 Å². The molecule has 102 valence electrons. The highest BCUT2D eigenvalue weighted by atomic mass is 14.8. The van der Waals surface area contributed by atoms with Crippen molar-refractivity contribution >= 4 is 6.21 Å². The predicted molar refractivity (Wildman–Crippen MR) is 87.3 cm³/mol. The van der Waals surface area contributed by atoms with Crippen LogP contribution in [0.4, 0.5) is 0 Å². The fourth-order valence-electron chi connectivity index (χ4n) is 2.09. The van der Waals surface area contributed by atoms with Crippen molar-refractivity contribution in [3.63, 3.8) is 0 Å². The number of benzene rings is 2. The van der Waals surface area contributed by atoms with E-state index in [9.17, 15) is 0 Å². The third-order valence-electron chi connectivity index (χ3n) is 3.14. The van der Waals surface area contributed by atoms with Gasteiger partial charge in [0.15, 0.2) is 0 Å². The smallest absolute Gasteiger partial charge is 0.0999 e. The highest BCUT2D eigenvalue weighted by Gasteiger charge is 2.10. The Bertz CT molecular complexity index is 501. The van der Waals surface area contributed by atoms with E-state index < -0.39 is 0 Å². The van der Waals surface area contributed by atoms with Crippen molar-refractivity contribution in [3.05, 3.63) is 83.9 Å². The molecule has 0 aromatic heterocycles. The molecule has 0 aliphatic carbocycles. The average molecular weight is 263 g/mol. The van der Waals surface area contributed by atoms with Crippen LogP contribution in [0.1, 0.15) is 36.9 Å². The van der Waals surface area contributed by atoms with Crippen molar-refractivity contribution < 1.29 is 0 Å². The maximum absolute atomic E-state index is 4.72. The molecule has 20 heavy (non-hydrogen) atoms. The van der Waals surface area contributed by atoms with E-state index in [1.807, 2.05) is 24.4 Å². The van der Waals surface area contributed by atoms with Crippen LogP contribution in [0.15, 0.2) is 77.8 Å². The van der Waals surface area contributed by atoms with Gasteiger partial charge in [-0.2, -0.15) is 0 Å². The van der Waals surface area contributed by atoms with E-state index in [4.69, 9.17) is 4.99 Å². The largest absolute Gasteiger partial charge is 0.280 e. The Morgan fingerprint density at radius 1 is 0.900 bits per heavy atom. The third kappa shape index (κ3) is 4.20. The van der Waals surface area contributed by atoms with E-state index in [2.05, 4.69) is 61.5 Å². The van der Waals surface area contributed by atoms with Crippen LogP contribution in [0.25, 0.3) is 0 Å². The Morgan fingerprint density at radius 3 is 1.95 bits per heavy atom. The molecule has 1 heteroatoms. The summed E-state index contributed by atoms with van der Waals surface area (Å²) >= 11 is 0. The maximum atomic E-state index is 4.72. The second kappa shape index (κ2) is 8.11. The first-order chi connectivity index (χ1) is 9.92. The maximum Gasteiger partial charge on any atom is 0.0999 e. The van der Waals surface area contributed by atoms with Crippen molar-refractivity contribution in [2.75, 3.05) is 0 Å². The van der Waals surface area contributed by atoms with Gasteiger partial charge in [0.2, 0.25) is 0 Å². The van der Waals surface area contributed by atoms with E-state index in [0.29, 0.717) is 0 Å². The molecule has 0 atom stereocenters. The zero-order valence-electron chi connectivity index (χ0n) is 11.9. The van der Waals surface area contributed by atoms with Crippen LogP contribution < -0.4 is 0 Å². The molecule has 2 rings (SSSR count). The highest BCUT2D eigenvalue weighted by Crippen LogP contribution is 2.25. The van der Waals surface area contributed by atoms with Gasteiger partial charge in [-0.15, -0.1) is 0 Å². The summed E-state index contributed by atoms with van der Waals surface area (Å²) in [7, 11) is 0. The molecule has 0 saturated carbocycles. The molecule has 0 amide bonds. The molecule has 0 aliphatic rings. The van der Waals surface area contributed by atoms with Gasteiger partial charge in [-0.05, 0) is 23.6 Å². The lowest BCUT2D eigenvalue weighted by molar-refractivity contribution is 0.878. The first kappa shape index (κ1) is 14.3. The molecule has 0 radical (unpaired) electrons. The van der Waals surface area contributed by atoms with Gasteiger partial charge in [-0.25, -0.2) is 0 Å². The SMILES string of the molecule is CCCC=CC=NC(c1ccccc1)c1ccccc1. The summed E-state index contributed by atoms with van der Waals surface area (Å²) in [5.74, 6) is 0. The van der Waals surface area contributed by atoms with E-state index in [0.717, 1.165) is 6.42 Å². The van der Waals surface area contributed by atoms with Crippen molar-refractivity contribution in [1.82, 2.24) is 0 Å². The monoisotopic (exact) mass is 263 g/mol. The first-order valence-electron chi connectivity index (χ1n) is 7.20. The molecule has 0 N–H and O–H groups in total. The van der Waals surface area contributed by atoms with Gasteiger partial charge in [0.1, 0.15) is 0 Å². The van der Waals surface area contributed by atoms with Gasteiger partial charge in [0.25, 0.3) is 0 Å². The van der Waals surface area contributed by atoms with Crippen molar-refractivity contribution in [1.29, 1.82) is 0 Å². The Balaban J connectivity index is 2.22. The minimum absolute atomic E-state index is 0.0728. The number of hydrogen-bond acceptors (Lipinski definition) is 1. The van der Waals surface area contributed by atoms with Gasteiger partial charge in [-0.1, -0.05) is 80.1 Å². The molecular formula is C19H21N. The van der Waals surface area contributed by atoms with Crippen LogP contribution in [0.2, 0.25) is 0 Å². The summed E-state index contributed by atoms with van der Waals surface area (Å²) in [5.41, 5.74) is 2.44. The Labute approximate surface area is 121 Å². The Morgan fingerprint density at radius 2 is 1.45 bits per heavy atom. The number of allylic oxidation sites excluding steroid dienone is 2. The fourth-order valence-corrected chi connectivity index (χ4v) is 2.09. The van der Waals surface area contributed by atoms with Gasteiger partial charge < -0.3 is 0 Å². The molecule has 2 aromatic rings. The molecule has 2 aromatic carbocycles. The van der Waals surface area contributed by atoms with E-state index in [1.54, 1.807) is 0 Å². The van der Waals surface area contributed by atoms with Crippen molar-refractivity contribution in [2.24, 2.45) is 4.99 Å². The molecule has 0 bridgehead atoms. The normalized spacial score (nSPS) is 11.7. The molecule has 0 saturated heterocycles. The van der Waals surface area contributed by atoms with Crippen LogP contribution in [0, 0.1) is 0 Å². The number of hydrogen-bond donors (Lipinski definition) is 0. The number of rotatable bonds is 6. The van der Waals surface area contributed by atoms with Gasteiger partial charge >= 0.3 is 0 Å². The molecule has 0 aliphatic heterocycles. The van der Waals surface area contributed by atoms with E-state index in [-0.39, 0.29) is 6.04 Å². The highest BCUT2D eigenvalue weighted by molar-refractivity contribution is 5.71. The lowest BCUT2D eigenvalue weighted by atomic mass is 9.99. The second-order valence-electron chi connectivity index (χ2n) is 4.74. The molecule has 0 fully saturated rings. The molecule has 1 nitrogen and oxygen atoms in total. The Kier molecular flexibility index (Phi) is 5.78. The van der Waals surface area contributed by atoms with Gasteiger partial charge in [-0.3, -0.25) is 4.99 Å². The number of nitrogens with zero attached hydrogens (tertiary/aromatic N) is 1. The second-order valence-corrected chi connectivity index (χ2v) is 4.74. The zero-order chi connectivity index (χ0) is 14.0. The predicted octanol–water partition coefficient (Wildman–Crippen LogP) is 5.20. The summed E-state index contributed by atoms with van der Waals surface area (Å²) < 4.78 is 0. The van der Waals surface area contributed by atoms with Crippen LogP contribution in [-0.2, 0) is 0 Å². The fraction of sp³-hybridized carbons (Fsp3) is 0.211. The zero-order valence-corrected chi connectivity index (χ0v) is 11.9. The first-order valence-corrected chi connectivity index (χ1v) is 7.20. The topological polar surface area (TPSA) is 12.4 Å². The summed E-state index contributed by atoms with van der Waals surface area (Å²) in [5, 5.41) is 0. The minimum atomic E-state index is 0.0728. The van der Waals surface area contributed by atoms with Crippen LogP contribution in [0.3, 0.4) is 0 Å². The summed E-state index contributed by atoms with van der Waals surface area (Å²) in [6.07, 6.45) is 8.40. The molecule has 0 heterocycles. The average Bonchev–Trinajstić information content (AvgIpc) is 2.53.